The van der Waals surface area contributed by atoms with E-state index in [0.29, 0.717) is 6.04 Å². The lowest BCUT2D eigenvalue weighted by atomic mass is 10.1. The molecule has 88 valence electrons. The molecule has 0 aliphatic carbocycles. The van der Waals surface area contributed by atoms with Crippen molar-refractivity contribution in [3.8, 4) is 0 Å². The standard InChI is InChI=1S/C9H16N4.2ClH/c1-2-9-12-11-7-13(9)8-3-5-10-6-4-8;;/h7-8,10H,2-6H2,1H3;2*1H. The first kappa shape index (κ1) is 14.7. The fourth-order valence-corrected chi connectivity index (χ4v) is 1.91. The lowest BCUT2D eigenvalue weighted by Gasteiger charge is -2.24. The summed E-state index contributed by atoms with van der Waals surface area (Å²) in [7, 11) is 0. The van der Waals surface area contributed by atoms with E-state index >= 15 is 0 Å². The van der Waals surface area contributed by atoms with E-state index in [1.54, 1.807) is 0 Å². The molecule has 0 saturated carbocycles. The molecule has 4 nitrogen and oxygen atoms in total. The molecule has 1 aromatic rings. The molecule has 2 heterocycles. The zero-order valence-corrected chi connectivity index (χ0v) is 10.5. The zero-order valence-electron chi connectivity index (χ0n) is 8.85. The molecule has 0 aromatic carbocycles. The predicted octanol–water partition coefficient (Wildman–Crippen LogP) is 1.61. The maximum absolute atomic E-state index is 4.10. The molecule has 6 heteroatoms. The third-order valence-electron chi connectivity index (χ3n) is 2.67. The molecule has 0 unspecified atom stereocenters. The SMILES string of the molecule is CCc1nncn1C1CCNCC1.Cl.Cl. The fraction of sp³-hybridized carbons (Fsp3) is 0.778. The van der Waals surface area contributed by atoms with Gasteiger partial charge in [0.2, 0.25) is 0 Å². The Balaban J connectivity index is 0.000000980. The van der Waals surface area contributed by atoms with Crippen molar-refractivity contribution in [1.29, 1.82) is 0 Å². The van der Waals surface area contributed by atoms with Gasteiger partial charge in [-0.1, -0.05) is 6.92 Å². The minimum atomic E-state index is 0. The van der Waals surface area contributed by atoms with Crippen molar-refractivity contribution in [3.05, 3.63) is 12.2 Å². The van der Waals surface area contributed by atoms with E-state index in [2.05, 4.69) is 27.0 Å². The number of rotatable bonds is 2. The first-order chi connectivity index (χ1) is 6.42. The number of aryl methyl sites for hydroxylation is 1. The molecule has 0 radical (unpaired) electrons. The highest BCUT2D eigenvalue weighted by Gasteiger charge is 2.16. The van der Waals surface area contributed by atoms with E-state index in [4.69, 9.17) is 0 Å². The Labute approximate surface area is 103 Å². The van der Waals surface area contributed by atoms with Gasteiger partial charge in [0.25, 0.3) is 0 Å². The topological polar surface area (TPSA) is 42.7 Å². The summed E-state index contributed by atoms with van der Waals surface area (Å²) < 4.78 is 2.24. The smallest absolute Gasteiger partial charge is 0.132 e. The Morgan fingerprint density at radius 3 is 2.67 bits per heavy atom. The molecular formula is C9H18Cl2N4. The molecule has 0 spiro atoms. The van der Waals surface area contributed by atoms with Gasteiger partial charge in [0.05, 0.1) is 0 Å². The molecule has 1 aliphatic heterocycles. The van der Waals surface area contributed by atoms with Crippen molar-refractivity contribution in [2.75, 3.05) is 13.1 Å². The predicted molar refractivity (Wildman–Crippen MR) is 65.0 cm³/mol. The minimum Gasteiger partial charge on any atom is -0.317 e. The van der Waals surface area contributed by atoms with Crippen LogP contribution in [0.3, 0.4) is 0 Å². The Morgan fingerprint density at radius 2 is 2.07 bits per heavy atom. The Bertz CT molecular complexity index is 271. The highest BCUT2D eigenvalue weighted by Crippen LogP contribution is 2.19. The summed E-state index contributed by atoms with van der Waals surface area (Å²) in [6, 6.07) is 0.617. The van der Waals surface area contributed by atoms with Gasteiger partial charge < -0.3 is 9.88 Å². The second-order valence-electron chi connectivity index (χ2n) is 3.49. The summed E-state index contributed by atoms with van der Waals surface area (Å²) in [5.41, 5.74) is 0. The van der Waals surface area contributed by atoms with Crippen molar-refractivity contribution in [3.63, 3.8) is 0 Å². The first-order valence-corrected chi connectivity index (χ1v) is 5.01. The molecular weight excluding hydrogens is 235 g/mol. The van der Waals surface area contributed by atoms with Crippen molar-refractivity contribution in [1.82, 2.24) is 20.1 Å². The molecule has 1 N–H and O–H groups in total. The van der Waals surface area contributed by atoms with Crippen LogP contribution >= 0.6 is 24.8 Å². The van der Waals surface area contributed by atoms with Crippen LogP contribution in [0.15, 0.2) is 6.33 Å². The highest BCUT2D eigenvalue weighted by atomic mass is 35.5. The summed E-state index contributed by atoms with van der Waals surface area (Å²) >= 11 is 0. The maximum atomic E-state index is 4.10. The van der Waals surface area contributed by atoms with Crippen LogP contribution in [0.1, 0.15) is 31.6 Å². The van der Waals surface area contributed by atoms with Crippen molar-refractivity contribution in [2.24, 2.45) is 0 Å². The number of nitrogens with zero attached hydrogens (tertiary/aromatic N) is 3. The van der Waals surface area contributed by atoms with Gasteiger partial charge in [0.15, 0.2) is 0 Å². The van der Waals surface area contributed by atoms with E-state index < -0.39 is 0 Å². The van der Waals surface area contributed by atoms with Crippen LogP contribution in [0.2, 0.25) is 0 Å². The van der Waals surface area contributed by atoms with E-state index in [-0.39, 0.29) is 24.8 Å². The lowest BCUT2D eigenvalue weighted by molar-refractivity contribution is 0.360. The third kappa shape index (κ3) is 3.33. The van der Waals surface area contributed by atoms with Gasteiger partial charge in [-0.15, -0.1) is 35.0 Å². The van der Waals surface area contributed by atoms with Crippen LogP contribution in [0.4, 0.5) is 0 Å². The van der Waals surface area contributed by atoms with Crippen LogP contribution in [-0.4, -0.2) is 27.9 Å². The van der Waals surface area contributed by atoms with Gasteiger partial charge in [-0.3, -0.25) is 0 Å². The van der Waals surface area contributed by atoms with Crippen LogP contribution in [0, 0.1) is 0 Å². The summed E-state index contributed by atoms with van der Waals surface area (Å²) in [4.78, 5) is 0. The molecule has 1 saturated heterocycles. The number of nitrogens with one attached hydrogen (secondary N) is 1. The normalized spacial score (nSPS) is 16.6. The van der Waals surface area contributed by atoms with Crippen LogP contribution in [0.25, 0.3) is 0 Å². The fourth-order valence-electron chi connectivity index (χ4n) is 1.91. The average molecular weight is 253 g/mol. The monoisotopic (exact) mass is 252 g/mol. The number of aromatic nitrogens is 3. The number of hydrogen-bond donors (Lipinski definition) is 1. The van der Waals surface area contributed by atoms with Gasteiger partial charge in [-0.2, -0.15) is 0 Å². The van der Waals surface area contributed by atoms with Gasteiger partial charge in [-0.25, -0.2) is 0 Å². The van der Waals surface area contributed by atoms with Crippen LogP contribution in [-0.2, 0) is 6.42 Å². The van der Waals surface area contributed by atoms with Crippen molar-refractivity contribution < 1.29 is 0 Å². The van der Waals surface area contributed by atoms with Crippen molar-refractivity contribution in [2.45, 2.75) is 32.2 Å². The highest BCUT2D eigenvalue weighted by molar-refractivity contribution is 5.85. The van der Waals surface area contributed by atoms with E-state index in [9.17, 15) is 0 Å². The van der Waals surface area contributed by atoms with E-state index in [1.165, 1.54) is 12.8 Å². The van der Waals surface area contributed by atoms with Gasteiger partial charge in [0, 0.05) is 12.5 Å². The molecule has 0 bridgehead atoms. The Hall–Kier alpha value is -0.320. The lowest BCUT2D eigenvalue weighted by Crippen LogP contribution is -2.29. The number of hydrogen-bond acceptors (Lipinski definition) is 3. The van der Waals surface area contributed by atoms with Crippen LogP contribution < -0.4 is 5.32 Å². The third-order valence-corrected chi connectivity index (χ3v) is 2.67. The molecule has 1 fully saturated rings. The van der Waals surface area contributed by atoms with Crippen molar-refractivity contribution >= 4 is 24.8 Å². The molecule has 15 heavy (non-hydrogen) atoms. The van der Waals surface area contributed by atoms with Gasteiger partial charge in [0.1, 0.15) is 12.2 Å². The largest absolute Gasteiger partial charge is 0.317 e. The summed E-state index contributed by atoms with van der Waals surface area (Å²) in [6.45, 7) is 4.36. The van der Waals surface area contributed by atoms with Gasteiger partial charge >= 0.3 is 0 Å². The van der Waals surface area contributed by atoms with E-state index in [0.717, 1.165) is 25.3 Å². The minimum absolute atomic E-state index is 0. The second-order valence-corrected chi connectivity index (χ2v) is 3.49. The Morgan fingerprint density at radius 1 is 1.40 bits per heavy atom. The quantitative estimate of drug-likeness (QED) is 0.870. The van der Waals surface area contributed by atoms with E-state index in [1.807, 2.05) is 6.33 Å². The number of halogens is 2. The Kier molecular flexibility index (Phi) is 6.89. The molecule has 0 atom stereocenters. The molecule has 1 aliphatic rings. The van der Waals surface area contributed by atoms with Crippen LogP contribution in [0.5, 0.6) is 0 Å². The van der Waals surface area contributed by atoms with Gasteiger partial charge in [-0.05, 0) is 25.9 Å². The zero-order chi connectivity index (χ0) is 9.10. The summed E-state index contributed by atoms with van der Waals surface area (Å²) in [5, 5.41) is 11.4. The number of piperidine rings is 1. The second kappa shape index (κ2) is 7.04. The summed E-state index contributed by atoms with van der Waals surface area (Å²) in [6.07, 6.45) is 5.24. The molecule has 0 amide bonds. The average Bonchev–Trinajstić information content (AvgIpc) is 2.67. The first-order valence-electron chi connectivity index (χ1n) is 5.01. The molecule has 1 aromatic heterocycles. The maximum Gasteiger partial charge on any atom is 0.132 e. The summed E-state index contributed by atoms with van der Waals surface area (Å²) in [5.74, 6) is 1.12. The molecule has 2 rings (SSSR count).